The number of nitrogens with zero attached hydrogens (tertiary/aromatic N) is 4. The number of aryl methyl sites for hydroxylation is 1. The molecule has 0 saturated carbocycles. The van der Waals surface area contributed by atoms with Gasteiger partial charge in [-0.2, -0.15) is 10.4 Å². The van der Waals surface area contributed by atoms with Gasteiger partial charge in [-0.25, -0.2) is 4.68 Å². The fraction of sp³-hybridized carbons (Fsp3) is 0.0909. The van der Waals surface area contributed by atoms with Crippen molar-refractivity contribution in [1.82, 2.24) is 9.78 Å². The zero-order chi connectivity index (χ0) is 12.4. The first-order chi connectivity index (χ1) is 8.11. The lowest BCUT2D eigenvalue weighted by Gasteiger charge is -2.03. The number of benzene rings is 1. The summed E-state index contributed by atoms with van der Waals surface area (Å²) in [6, 6.07) is 7.29. The molecule has 1 aromatic heterocycles. The molecular weight excluding hydrogens is 220 g/mol. The minimum absolute atomic E-state index is 0.102. The number of nitriles is 1. The maximum absolute atomic E-state index is 10.5. The first-order valence-corrected chi connectivity index (χ1v) is 4.82. The molecular formula is C11H8N4O2. The summed E-state index contributed by atoms with van der Waals surface area (Å²) in [5.41, 5.74) is 1.82. The van der Waals surface area contributed by atoms with Gasteiger partial charge in [-0.05, 0) is 24.6 Å². The molecule has 6 heteroatoms. The molecule has 0 amide bonds. The Bertz CT molecular complexity index is 625. The summed E-state index contributed by atoms with van der Waals surface area (Å²) < 4.78 is 1.33. The average Bonchev–Trinajstić information content (AvgIpc) is 2.78. The Morgan fingerprint density at radius 3 is 2.88 bits per heavy atom. The third kappa shape index (κ3) is 1.99. The second-order valence-electron chi connectivity index (χ2n) is 3.53. The maximum atomic E-state index is 10.5. The highest BCUT2D eigenvalue weighted by Gasteiger charge is 2.12. The van der Waals surface area contributed by atoms with Crippen molar-refractivity contribution in [3.63, 3.8) is 0 Å². The fourth-order valence-corrected chi connectivity index (χ4v) is 1.48. The summed E-state index contributed by atoms with van der Waals surface area (Å²) in [5.74, 6) is 0. The van der Waals surface area contributed by atoms with Crippen molar-refractivity contribution in [1.29, 1.82) is 5.26 Å². The number of aromatic nitrogens is 2. The van der Waals surface area contributed by atoms with Gasteiger partial charge in [-0.3, -0.25) is 10.1 Å². The summed E-state index contributed by atoms with van der Waals surface area (Å²) in [5, 5.41) is 23.4. The van der Waals surface area contributed by atoms with Gasteiger partial charge in [0.05, 0.1) is 16.2 Å². The molecule has 1 heterocycles. The van der Waals surface area contributed by atoms with Crippen molar-refractivity contribution in [2.45, 2.75) is 6.92 Å². The Hall–Kier alpha value is -2.68. The smallest absolute Gasteiger partial charge is 0.258 e. The molecule has 0 spiro atoms. The van der Waals surface area contributed by atoms with Crippen molar-refractivity contribution in [3.8, 4) is 11.8 Å². The second kappa shape index (κ2) is 4.06. The maximum Gasteiger partial charge on any atom is 0.307 e. The average molecular weight is 228 g/mol. The minimum atomic E-state index is -0.524. The standard InChI is InChI=1S/C11H8N4O2/c1-8-2-3-11(9(4-8)5-12)14-7-10(6-13-14)15(16)17/h2-4,6-7H,1H3. The molecule has 0 saturated heterocycles. The second-order valence-corrected chi connectivity index (χ2v) is 3.53. The third-order valence-corrected chi connectivity index (χ3v) is 2.30. The molecule has 0 fully saturated rings. The van der Waals surface area contributed by atoms with E-state index < -0.39 is 4.92 Å². The van der Waals surface area contributed by atoms with Crippen molar-refractivity contribution in [2.75, 3.05) is 0 Å². The van der Waals surface area contributed by atoms with E-state index in [1.54, 1.807) is 12.1 Å². The fourth-order valence-electron chi connectivity index (χ4n) is 1.48. The Kier molecular flexibility index (Phi) is 2.58. The third-order valence-electron chi connectivity index (χ3n) is 2.30. The molecule has 0 atom stereocenters. The van der Waals surface area contributed by atoms with Gasteiger partial charge in [0.1, 0.15) is 18.5 Å². The van der Waals surface area contributed by atoms with Gasteiger partial charge in [0.25, 0.3) is 0 Å². The van der Waals surface area contributed by atoms with Crippen LogP contribution in [0.1, 0.15) is 11.1 Å². The largest absolute Gasteiger partial charge is 0.307 e. The van der Waals surface area contributed by atoms with Crippen LogP contribution in [0.3, 0.4) is 0 Å². The topological polar surface area (TPSA) is 84.8 Å². The quantitative estimate of drug-likeness (QED) is 0.580. The molecule has 0 bridgehead atoms. The predicted octanol–water partition coefficient (Wildman–Crippen LogP) is 1.96. The first kappa shape index (κ1) is 10.8. The van der Waals surface area contributed by atoms with Crippen molar-refractivity contribution in [2.24, 2.45) is 0 Å². The van der Waals surface area contributed by atoms with E-state index in [0.29, 0.717) is 11.3 Å². The van der Waals surface area contributed by atoms with Crippen LogP contribution in [0.15, 0.2) is 30.6 Å². The number of hydrogen-bond acceptors (Lipinski definition) is 4. The van der Waals surface area contributed by atoms with E-state index in [-0.39, 0.29) is 5.69 Å². The lowest BCUT2D eigenvalue weighted by molar-refractivity contribution is -0.384. The Morgan fingerprint density at radius 1 is 1.53 bits per heavy atom. The van der Waals surface area contributed by atoms with Crippen LogP contribution in [0, 0.1) is 28.4 Å². The lowest BCUT2D eigenvalue weighted by atomic mass is 10.1. The van der Waals surface area contributed by atoms with Gasteiger partial charge < -0.3 is 0 Å². The SMILES string of the molecule is Cc1ccc(-n2cc([N+](=O)[O-])cn2)c(C#N)c1. The van der Waals surface area contributed by atoms with Gasteiger partial charge in [-0.15, -0.1) is 0 Å². The number of rotatable bonds is 2. The van der Waals surface area contributed by atoms with E-state index in [1.807, 2.05) is 19.1 Å². The van der Waals surface area contributed by atoms with Gasteiger partial charge in [-0.1, -0.05) is 6.07 Å². The monoisotopic (exact) mass is 228 g/mol. The highest BCUT2D eigenvalue weighted by atomic mass is 16.6. The van der Waals surface area contributed by atoms with Crippen LogP contribution < -0.4 is 0 Å². The molecule has 6 nitrogen and oxygen atoms in total. The molecule has 17 heavy (non-hydrogen) atoms. The van der Waals surface area contributed by atoms with E-state index in [2.05, 4.69) is 5.10 Å². The lowest BCUT2D eigenvalue weighted by Crippen LogP contribution is -1.98. The van der Waals surface area contributed by atoms with Crippen LogP contribution in [0.25, 0.3) is 5.69 Å². The predicted molar refractivity (Wildman–Crippen MR) is 59.7 cm³/mol. The van der Waals surface area contributed by atoms with E-state index in [9.17, 15) is 10.1 Å². The highest BCUT2D eigenvalue weighted by Crippen LogP contribution is 2.18. The molecule has 2 aromatic rings. The van der Waals surface area contributed by atoms with Crippen molar-refractivity contribution >= 4 is 5.69 Å². The summed E-state index contributed by atoms with van der Waals surface area (Å²) in [6.07, 6.45) is 2.44. The molecule has 84 valence electrons. The van der Waals surface area contributed by atoms with E-state index in [4.69, 9.17) is 5.26 Å². The van der Waals surface area contributed by atoms with Crippen LogP contribution in [0.2, 0.25) is 0 Å². The molecule has 0 radical (unpaired) electrons. The Balaban J connectivity index is 2.53. The zero-order valence-electron chi connectivity index (χ0n) is 8.99. The van der Waals surface area contributed by atoms with Gasteiger partial charge in [0, 0.05) is 0 Å². The molecule has 0 aliphatic carbocycles. The van der Waals surface area contributed by atoms with Gasteiger partial charge >= 0.3 is 5.69 Å². The normalized spacial score (nSPS) is 9.88. The summed E-state index contributed by atoms with van der Waals surface area (Å²) in [7, 11) is 0. The summed E-state index contributed by atoms with van der Waals surface area (Å²) in [4.78, 5) is 10.0. The molecule has 0 aliphatic rings. The van der Waals surface area contributed by atoms with Crippen LogP contribution >= 0.6 is 0 Å². The first-order valence-electron chi connectivity index (χ1n) is 4.82. The molecule has 0 aliphatic heterocycles. The van der Waals surface area contributed by atoms with E-state index in [0.717, 1.165) is 11.8 Å². The highest BCUT2D eigenvalue weighted by molar-refractivity contribution is 5.50. The molecule has 0 N–H and O–H groups in total. The molecule has 0 unspecified atom stereocenters. The van der Waals surface area contributed by atoms with Gasteiger partial charge in [0.15, 0.2) is 0 Å². The van der Waals surface area contributed by atoms with Crippen molar-refractivity contribution < 1.29 is 4.92 Å². The summed E-state index contributed by atoms with van der Waals surface area (Å²) >= 11 is 0. The zero-order valence-corrected chi connectivity index (χ0v) is 8.99. The van der Waals surface area contributed by atoms with Crippen LogP contribution in [0.5, 0.6) is 0 Å². The van der Waals surface area contributed by atoms with E-state index >= 15 is 0 Å². The minimum Gasteiger partial charge on any atom is -0.258 e. The van der Waals surface area contributed by atoms with E-state index in [1.165, 1.54) is 10.9 Å². The molecule has 1 aromatic carbocycles. The van der Waals surface area contributed by atoms with Crippen molar-refractivity contribution in [3.05, 3.63) is 51.8 Å². The van der Waals surface area contributed by atoms with Crippen LogP contribution in [-0.4, -0.2) is 14.7 Å². The number of hydrogen-bond donors (Lipinski definition) is 0. The summed E-state index contributed by atoms with van der Waals surface area (Å²) in [6.45, 7) is 1.87. The number of nitro groups is 1. The van der Waals surface area contributed by atoms with Gasteiger partial charge in [0.2, 0.25) is 0 Å². The van der Waals surface area contributed by atoms with Crippen LogP contribution in [0.4, 0.5) is 5.69 Å². The molecule has 2 rings (SSSR count). The van der Waals surface area contributed by atoms with Crippen LogP contribution in [-0.2, 0) is 0 Å². The Morgan fingerprint density at radius 2 is 2.29 bits per heavy atom. The Labute approximate surface area is 96.9 Å².